The first-order chi connectivity index (χ1) is 9.79. The Labute approximate surface area is 117 Å². The Morgan fingerprint density at radius 2 is 2.15 bits per heavy atom. The number of fused-ring (bicyclic) bond motifs is 4. The van der Waals surface area contributed by atoms with Gasteiger partial charge in [0.25, 0.3) is 5.56 Å². The summed E-state index contributed by atoms with van der Waals surface area (Å²) in [5.74, 6) is 1.08. The van der Waals surface area contributed by atoms with Gasteiger partial charge in [0.15, 0.2) is 0 Å². The van der Waals surface area contributed by atoms with E-state index < -0.39 is 0 Å². The second-order valence-corrected chi connectivity index (χ2v) is 6.02. The molecule has 20 heavy (non-hydrogen) atoms. The van der Waals surface area contributed by atoms with E-state index in [9.17, 15) is 4.79 Å². The van der Waals surface area contributed by atoms with Crippen molar-refractivity contribution < 1.29 is 4.42 Å². The second-order valence-electron chi connectivity index (χ2n) is 6.02. The molecule has 4 nitrogen and oxygen atoms in total. The van der Waals surface area contributed by atoms with E-state index in [4.69, 9.17) is 4.42 Å². The van der Waals surface area contributed by atoms with Gasteiger partial charge in [0.2, 0.25) is 0 Å². The lowest BCUT2D eigenvalue weighted by Crippen LogP contribution is -2.46. The SMILES string of the molecule is O=c1cccc2n1CC1CC2CN(Cc2ccoc2)C1. The third-order valence-corrected chi connectivity index (χ3v) is 4.54. The van der Waals surface area contributed by atoms with E-state index in [2.05, 4.69) is 11.0 Å². The maximum Gasteiger partial charge on any atom is 0.250 e. The van der Waals surface area contributed by atoms with Gasteiger partial charge >= 0.3 is 0 Å². The van der Waals surface area contributed by atoms with Gasteiger partial charge in [-0.15, -0.1) is 0 Å². The summed E-state index contributed by atoms with van der Waals surface area (Å²) in [5.41, 5.74) is 2.60. The summed E-state index contributed by atoms with van der Waals surface area (Å²) in [5, 5.41) is 0. The molecule has 0 amide bonds. The van der Waals surface area contributed by atoms with Crippen molar-refractivity contribution in [3.8, 4) is 0 Å². The third-order valence-electron chi connectivity index (χ3n) is 4.54. The van der Waals surface area contributed by atoms with Crippen LogP contribution in [-0.2, 0) is 13.1 Å². The Hall–Kier alpha value is -1.81. The van der Waals surface area contributed by atoms with E-state index in [1.165, 1.54) is 17.7 Å². The molecule has 2 bridgehead atoms. The molecular formula is C16H18N2O2. The molecule has 2 aliphatic rings. The van der Waals surface area contributed by atoms with Crippen LogP contribution >= 0.6 is 0 Å². The highest BCUT2D eigenvalue weighted by atomic mass is 16.3. The van der Waals surface area contributed by atoms with Crippen molar-refractivity contribution >= 4 is 0 Å². The number of furan rings is 1. The molecule has 2 aliphatic heterocycles. The maximum absolute atomic E-state index is 12.0. The molecule has 0 aromatic carbocycles. The van der Waals surface area contributed by atoms with Crippen molar-refractivity contribution in [2.24, 2.45) is 5.92 Å². The first kappa shape index (κ1) is 12.0. The highest BCUT2D eigenvalue weighted by molar-refractivity contribution is 5.17. The quantitative estimate of drug-likeness (QED) is 0.838. The van der Waals surface area contributed by atoms with E-state index >= 15 is 0 Å². The van der Waals surface area contributed by atoms with Gasteiger partial charge in [0.05, 0.1) is 12.5 Å². The van der Waals surface area contributed by atoms with Crippen LogP contribution in [0.1, 0.15) is 23.6 Å². The van der Waals surface area contributed by atoms with E-state index in [-0.39, 0.29) is 5.56 Å². The number of nitrogens with zero attached hydrogens (tertiary/aromatic N) is 2. The monoisotopic (exact) mass is 270 g/mol. The molecule has 2 aromatic heterocycles. The van der Waals surface area contributed by atoms with Gasteiger partial charge in [0, 0.05) is 49.4 Å². The lowest BCUT2D eigenvalue weighted by molar-refractivity contribution is 0.114. The van der Waals surface area contributed by atoms with Gasteiger partial charge in [-0.05, 0) is 24.5 Å². The van der Waals surface area contributed by atoms with Crippen molar-refractivity contribution in [2.75, 3.05) is 13.1 Å². The number of aromatic nitrogens is 1. The Morgan fingerprint density at radius 1 is 1.20 bits per heavy atom. The molecule has 4 heterocycles. The zero-order valence-corrected chi connectivity index (χ0v) is 11.4. The van der Waals surface area contributed by atoms with Crippen molar-refractivity contribution in [1.29, 1.82) is 0 Å². The third kappa shape index (κ3) is 2.00. The van der Waals surface area contributed by atoms with Crippen LogP contribution in [0.15, 0.2) is 46.0 Å². The van der Waals surface area contributed by atoms with Crippen LogP contribution in [0.3, 0.4) is 0 Å². The van der Waals surface area contributed by atoms with Crippen LogP contribution in [0.2, 0.25) is 0 Å². The smallest absolute Gasteiger partial charge is 0.250 e. The van der Waals surface area contributed by atoms with Crippen LogP contribution in [-0.4, -0.2) is 22.6 Å². The second kappa shape index (κ2) is 4.63. The number of rotatable bonds is 2. The molecule has 1 saturated heterocycles. The van der Waals surface area contributed by atoms with Crippen LogP contribution in [0.25, 0.3) is 0 Å². The van der Waals surface area contributed by atoms with Gasteiger partial charge in [-0.2, -0.15) is 0 Å². The molecule has 0 N–H and O–H groups in total. The minimum atomic E-state index is 0.153. The van der Waals surface area contributed by atoms with Crippen LogP contribution in [0.4, 0.5) is 0 Å². The molecule has 1 fully saturated rings. The number of hydrogen-bond acceptors (Lipinski definition) is 3. The van der Waals surface area contributed by atoms with Crippen molar-refractivity contribution in [3.05, 3.63) is 58.4 Å². The normalized spacial score (nSPS) is 25.4. The van der Waals surface area contributed by atoms with Crippen LogP contribution in [0.5, 0.6) is 0 Å². The van der Waals surface area contributed by atoms with Gasteiger partial charge < -0.3 is 8.98 Å². The van der Waals surface area contributed by atoms with Gasteiger partial charge in [0.1, 0.15) is 0 Å². The standard InChI is InChI=1S/C16H18N2O2/c19-16-3-1-2-15-14-6-13(9-18(15)16)8-17(10-14)7-12-4-5-20-11-12/h1-5,11,13-14H,6-10H2. The van der Waals surface area contributed by atoms with E-state index in [0.717, 1.165) is 26.2 Å². The first-order valence-electron chi connectivity index (χ1n) is 7.23. The van der Waals surface area contributed by atoms with Crippen molar-refractivity contribution in [2.45, 2.75) is 25.4 Å². The Kier molecular flexibility index (Phi) is 2.77. The Bertz CT molecular complexity index is 659. The van der Waals surface area contributed by atoms with E-state index in [1.54, 1.807) is 12.3 Å². The summed E-state index contributed by atoms with van der Waals surface area (Å²) in [6.07, 6.45) is 4.77. The maximum atomic E-state index is 12.0. The number of piperidine rings is 1. The Balaban J connectivity index is 1.60. The molecule has 2 unspecified atom stereocenters. The molecule has 2 atom stereocenters. The van der Waals surface area contributed by atoms with Crippen molar-refractivity contribution in [3.63, 3.8) is 0 Å². The summed E-state index contributed by atoms with van der Waals surface area (Å²) >= 11 is 0. The minimum Gasteiger partial charge on any atom is -0.472 e. The molecule has 4 heteroatoms. The molecule has 0 spiro atoms. The molecule has 2 aromatic rings. The summed E-state index contributed by atoms with van der Waals surface area (Å²) in [6, 6.07) is 7.71. The highest BCUT2D eigenvalue weighted by Crippen LogP contribution is 2.35. The fourth-order valence-corrected chi connectivity index (χ4v) is 3.77. The number of pyridine rings is 1. The predicted octanol–water partition coefficient (Wildman–Crippen LogP) is 2.06. The summed E-state index contributed by atoms with van der Waals surface area (Å²) in [4.78, 5) is 14.5. The first-order valence-corrected chi connectivity index (χ1v) is 7.23. The highest BCUT2D eigenvalue weighted by Gasteiger charge is 2.34. The summed E-state index contributed by atoms with van der Waals surface area (Å²) in [6.45, 7) is 3.92. The topological polar surface area (TPSA) is 38.4 Å². The van der Waals surface area contributed by atoms with Crippen molar-refractivity contribution in [1.82, 2.24) is 9.47 Å². The molecule has 4 rings (SSSR count). The molecule has 0 saturated carbocycles. The number of likely N-dealkylation sites (tertiary alicyclic amines) is 1. The Morgan fingerprint density at radius 3 is 3.00 bits per heavy atom. The van der Waals surface area contributed by atoms with Gasteiger partial charge in [-0.3, -0.25) is 9.69 Å². The predicted molar refractivity (Wildman–Crippen MR) is 75.5 cm³/mol. The average Bonchev–Trinajstić information content (AvgIpc) is 2.93. The molecule has 0 radical (unpaired) electrons. The molecule has 104 valence electrons. The van der Waals surface area contributed by atoms with Crippen LogP contribution in [0, 0.1) is 5.92 Å². The van der Waals surface area contributed by atoms with E-state index in [1.807, 2.05) is 23.0 Å². The zero-order chi connectivity index (χ0) is 13.5. The fourth-order valence-electron chi connectivity index (χ4n) is 3.77. The lowest BCUT2D eigenvalue weighted by Gasteiger charge is -2.42. The lowest BCUT2D eigenvalue weighted by atomic mass is 9.83. The molecular weight excluding hydrogens is 252 g/mol. The average molecular weight is 270 g/mol. The number of hydrogen-bond donors (Lipinski definition) is 0. The summed E-state index contributed by atoms with van der Waals surface area (Å²) in [7, 11) is 0. The fraction of sp³-hybridized carbons (Fsp3) is 0.438. The van der Waals surface area contributed by atoms with Gasteiger partial charge in [-0.25, -0.2) is 0 Å². The molecule has 0 aliphatic carbocycles. The summed E-state index contributed by atoms with van der Waals surface area (Å²) < 4.78 is 7.13. The largest absolute Gasteiger partial charge is 0.472 e. The zero-order valence-electron chi connectivity index (χ0n) is 11.4. The minimum absolute atomic E-state index is 0.153. The van der Waals surface area contributed by atoms with E-state index in [0.29, 0.717) is 11.8 Å². The van der Waals surface area contributed by atoms with Crippen LogP contribution < -0.4 is 5.56 Å². The van der Waals surface area contributed by atoms with Gasteiger partial charge in [-0.1, -0.05) is 6.07 Å².